The molecule has 0 fully saturated rings. The maximum absolute atomic E-state index is 12.6. The molecule has 0 aliphatic rings. The zero-order chi connectivity index (χ0) is 15.9. The molecule has 0 spiro atoms. The lowest BCUT2D eigenvalue weighted by Crippen LogP contribution is -2.24. The maximum atomic E-state index is 12.6. The number of nitrogens with zero attached hydrogens (tertiary/aromatic N) is 2. The van der Waals surface area contributed by atoms with Crippen molar-refractivity contribution in [1.82, 2.24) is 9.55 Å². The van der Waals surface area contributed by atoms with Crippen molar-refractivity contribution in [2.24, 2.45) is 0 Å². The van der Waals surface area contributed by atoms with E-state index in [1.165, 1.54) is 6.07 Å². The molecule has 0 bridgehead atoms. The van der Waals surface area contributed by atoms with E-state index in [9.17, 15) is 9.59 Å². The summed E-state index contributed by atoms with van der Waals surface area (Å²) in [6, 6.07) is 11.5. The van der Waals surface area contributed by atoms with Crippen LogP contribution in [0.5, 0.6) is 0 Å². The number of aromatic amines is 1. The number of benzene rings is 2. The van der Waals surface area contributed by atoms with Crippen molar-refractivity contribution in [2.45, 2.75) is 6.92 Å². The van der Waals surface area contributed by atoms with Gasteiger partial charge >= 0.3 is 5.69 Å². The molecule has 6 heteroatoms. The molecule has 3 N–H and O–H groups in total. The fourth-order valence-electron chi connectivity index (χ4n) is 2.33. The summed E-state index contributed by atoms with van der Waals surface area (Å²) in [4.78, 5) is 27.3. The molecule has 1 heterocycles. The molecule has 2 aromatic carbocycles. The van der Waals surface area contributed by atoms with E-state index in [1.807, 2.05) is 6.07 Å². The second-order valence-electron chi connectivity index (χ2n) is 4.99. The van der Waals surface area contributed by atoms with Gasteiger partial charge in [0.1, 0.15) is 0 Å². The van der Waals surface area contributed by atoms with Crippen LogP contribution in [0.15, 0.2) is 41.2 Å². The number of aryl methyl sites for hydroxylation is 1. The van der Waals surface area contributed by atoms with E-state index in [0.717, 1.165) is 10.1 Å². The average Bonchev–Trinajstić information content (AvgIpc) is 2.82. The van der Waals surface area contributed by atoms with Gasteiger partial charge in [0.2, 0.25) is 0 Å². The van der Waals surface area contributed by atoms with Crippen molar-refractivity contribution in [1.29, 1.82) is 5.26 Å². The van der Waals surface area contributed by atoms with E-state index in [-0.39, 0.29) is 5.56 Å². The van der Waals surface area contributed by atoms with Crippen LogP contribution in [0.4, 0.5) is 5.69 Å². The minimum absolute atomic E-state index is 0.275. The molecule has 0 saturated carbocycles. The summed E-state index contributed by atoms with van der Waals surface area (Å²) in [5, 5.41) is 8.92. The van der Waals surface area contributed by atoms with Crippen molar-refractivity contribution in [3.8, 4) is 6.07 Å². The highest BCUT2D eigenvalue weighted by molar-refractivity contribution is 6.01. The van der Waals surface area contributed by atoms with Gasteiger partial charge in [0, 0.05) is 11.3 Å². The van der Waals surface area contributed by atoms with Crippen LogP contribution in [0.25, 0.3) is 11.0 Å². The number of fused-ring (bicyclic) bond motifs is 1. The van der Waals surface area contributed by atoms with Crippen LogP contribution in [-0.4, -0.2) is 15.5 Å². The smallest absolute Gasteiger partial charge is 0.333 e. The van der Waals surface area contributed by atoms with Crippen molar-refractivity contribution < 1.29 is 4.79 Å². The molecule has 0 amide bonds. The number of hydrogen-bond donors (Lipinski definition) is 2. The Kier molecular flexibility index (Phi) is 3.04. The van der Waals surface area contributed by atoms with Gasteiger partial charge in [-0.05, 0) is 42.8 Å². The third-order valence-electron chi connectivity index (χ3n) is 3.51. The second-order valence-corrected chi connectivity index (χ2v) is 4.99. The molecule has 3 rings (SSSR count). The number of nitriles is 1. The first-order chi connectivity index (χ1) is 10.5. The summed E-state index contributed by atoms with van der Waals surface area (Å²) >= 11 is 0. The number of hydrogen-bond acceptors (Lipinski definition) is 4. The number of aromatic nitrogens is 2. The van der Waals surface area contributed by atoms with Crippen LogP contribution in [0.1, 0.15) is 21.5 Å². The molecule has 0 saturated heterocycles. The molecule has 0 radical (unpaired) electrons. The van der Waals surface area contributed by atoms with Crippen LogP contribution < -0.4 is 11.4 Å². The Hall–Kier alpha value is -3.33. The Morgan fingerprint density at radius 1 is 1.32 bits per heavy atom. The number of nitrogens with one attached hydrogen (secondary N) is 1. The Labute approximate surface area is 125 Å². The number of H-pyrrole nitrogens is 1. The molecule has 6 nitrogen and oxygen atoms in total. The third kappa shape index (κ3) is 2.05. The van der Waals surface area contributed by atoms with Crippen LogP contribution in [0, 0.1) is 18.3 Å². The first-order valence-electron chi connectivity index (χ1n) is 6.57. The van der Waals surface area contributed by atoms with Crippen molar-refractivity contribution >= 4 is 22.6 Å². The molecule has 0 unspecified atom stereocenters. The Morgan fingerprint density at radius 2 is 2.09 bits per heavy atom. The van der Waals surface area contributed by atoms with E-state index in [2.05, 4.69) is 4.98 Å². The van der Waals surface area contributed by atoms with Crippen LogP contribution in [-0.2, 0) is 0 Å². The summed E-state index contributed by atoms with van der Waals surface area (Å²) < 4.78 is 1.05. The van der Waals surface area contributed by atoms with Gasteiger partial charge in [-0.1, -0.05) is 6.07 Å². The SMILES string of the molecule is Cc1cc2c(cc1N)[nH]c(=O)n2C(=O)c1cccc(C#N)c1. The van der Waals surface area contributed by atoms with E-state index < -0.39 is 11.6 Å². The van der Waals surface area contributed by atoms with Crippen molar-refractivity contribution in [3.63, 3.8) is 0 Å². The highest BCUT2D eigenvalue weighted by Gasteiger charge is 2.17. The molecule has 0 aliphatic carbocycles. The number of nitrogen functional groups attached to an aromatic ring is 1. The normalized spacial score (nSPS) is 10.5. The molecular formula is C16H12N4O2. The molecule has 22 heavy (non-hydrogen) atoms. The Balaban J connectivity index is 2.23. The minimum Gasteiger partial charge on any atom is -0.398 e. The number of rotatable bonds is 1. The van der Waals surface area contributed by atoms with E-state index in [4.69, 9.17) is 11.0 Å². The quantitative estimate of drug-likeness (QED) is 0.667. The number of imidazole rings is 1. The highest BCUT2D eigenvalue weighted by atomic mass is 16.2. The molecule has 0 aliphatic heterocycles. The monoisotopic (exact) mass is 292 g/mol. The van der Waals surface area contributed by atoms with Crippen LogP contribution in [0.3, 0.4) is 0 Å². The van der Waals surface area contributed by atoms with Crippen LogP contribution in [0.2, 0.25) is 0 Å². The van der Waals surface area contributed by atoms with Crippen LogP contribution >= 0.6 is 0 Å². The summed E-state index contributed by atoms with van der Waals surface area (Å²) in [6.07, 6.45) is 0. The van der Waals surface area contributed by atoms with Gasteiger partial charge in [-0.15, -0.1) is 0 Å². The summed E-state index contributed by atoms with van der Waals surface area (Å²) in [5.41, 5.74) is 8.20. The van der Waals surface area contributed by atoms with Gasteiger partial charge in [-0.25, -0.2) is 9.36 Å². The number of carbonyl (C=O) groups excluding carboxylic acids is 1. The average molecular weight is 292 g/mol. The fourth-order valence-corrected chi connectivity index (χ4v) is 2.33. The fraction of sp³-hybridized carbons (Fsp3) is 0.0625. The van der Waals surface area contributed by atoms with Crippen molar-refractivity contribution in [2.75, 3.05) is 5.73 Å². The second kappa shape index (κ2) is 4.90. The largest absolute Gasteiger partial charge is 0.398 e. The zero-order valence-corrected chi connectivity index (χ0v) is 11.8. The maximum Gasteiger partial charge on any atom is 0.333 e. The molecule has 3 aromatic rings. The van der Waals surface area contributed by atoms with E-state index >= 15 is 0 Å². The van der Waals surface area contributed by atoms with E-state index in [1.54, 1.807) is 37.3 Å². The summed E-state index contributed by atoms with van der Waals surface area (Å²) in [5.74, 6) is -0.488. The molecule has 1 aromatic heterocycles. The third-order valence-corrected chi connectivity index (χ3v) is 3.51. The lowest BCUT2D eigenvalue weighted by atomic mass is 10.1. The van der Waals surface area contributed by atoms with Gasteiger partial charge < -0.3 is 10.7 Å². The minimum atomic E-state index is -0.535. The molecule has 0 atom stereocenters. The Morgan fingerprint density at radius 3 is 2.82 bits per heavy atom. The standard InChI is InChI=1S/C16H12N4O2/c1-9-5-14-13(7-12(9)18)19-16(22)20(14)15(21)11-4-2-3-10(6-11)8-17/h2-7H,18H2,1H3,(H,19,22). The summed E-state index contributed by atoms with van der Waals surface area (Å²) in [6.45, 7) is 1.80. The Bertz CT molecular complexity index is 1010. The number of nitrogens with two attached hydrogens (primary N) is 1. The zero-order valence-electron chi connectivity index (χ0n) is 11.8. The van der Waals surface area contributed by atoms with Gasteiger partial charge in [-0.2, -0.15) is 5.26 Å². The number of anilines is 1. The predicted octanol–water partition coefficient (Wildman–Crippen LogP) is 1.78. The molecular weight excluding hydrogens is 280 g/mol. The van der Waals surface area contributed by atoms with Gasteiger partial charge in [-0.3, -0.25) is 4.79 Å². The predicted molar refractivity (Wildman–Crippen MR) is 82.6 cm³/mol. The van der Waals surface area contributed by atoms with Crippen molar-refractivity contribution in [3.05, 3.63) is 63.6 Å². The van der Waals surface area contributed by atoms with Gasteiger partial charge in [0.05, 0.1) is 22.7 Å². The highest BCUT2D eigenvalue weighted by Crippen LogP contribution is 2.20. The first kappa shape index (κ1) is 13.6. The molecule has 108 valence electrons. The lowest BCUT2D eigenvalue weighted by molar-refractivity contribution is 0.0961. The first-order valence-corrected chi connectivity index (χ1v) is 6.57. The van der Waals surface area contributed by atoms with Gasteiger partial charge in [0.25, 0.3) is 5.91 Å². The lowest BCUT2D eigenvalue weighted by Gasteiger charge is -2.04. The topological polar surface area (TPSA) is 105 Å². The summed E-state index contributed by atoms with van der Waals surface area (Å²) in [7, 11) is 0. The van der Waals surface area contributed by atoms with Gasteiger partial charge in [0.15, 0.2) is 0 Å². The van der Waals surface area contributed by atoms with E-state index in [0.29, 0.717) is 22.3 Å². The number of carbonyl (C=O) groups is 1.